The fourth-order valence-electron chi connectivity index (χ4n) is 3.68. The highest BCUT2D eigenvalue weighted by molar-refractivity contribution is 5.94. The van der Waals surface area contributed by atoms with Gasteiger partial charge in [0.2, 0.25) is 5.91 Å². The van der Waals surface area contributed by atoms with Crippen molar-refractivity contribution in [3.05, 3.63) is 78.4 Å². The van der Waals surface area contributed by atoms with Crippen LogP contribution in [0.3, 0.4) is 0 Å². The Bertz CT molecular complexity index is 1220. The number of aromatic nitrogens is 1. The van der Waals surface area contributed by atoms with E-state index in [1.165, 1.54) is 12.1 Å². The van der Waals surface area contributed by atoms with Crippen molar-refractivity contribution in [3.8, 4) is 22.8 Å². The number of hydrogen-bond acceptors (Lipinski definition) is 3. The molecule has 0 aliphatic rings. The summed E-state index contributed by atoms with van der Waals surface area (Å²) >= 11 is 0. The van der Waals surface area contributed by atoms with E-state index in [1.807, 2.05) is 48.5 Å². The van der Waals surface area contributed by atoms with Crippen LogP contribution < -0.4 is 14.8 Å². The Morgan fingerprint density at radius 1 is 1.00 bits per heavy atom. The first-order valence-electron chi connectivity index (χ1n) is 10.1. The van der Waals surface area contributed by atoms with E-state index in [2.05, 4.69) is 15.0 Å². The van der Waals surface area contributed by atoms with Gasteiger partial charge < -0.3 is 19.8 Å². The first-order chi connectivity index (χ1) is 15.5. The van der Waals surface area contributed by atoms with Gasteiger partial charge in [-0.05, 0) is 60.0 Å². The van der Waals surface area contributed by atoms with Gasteiger partial charge in [-0.2, -0.15) is 8.78 Å². The second-order valence-electron chi connectivity index (χ2n) is 7.18. The topological polar surface area (TPSA) is 63.4 Å². The van der Waals surface area contributed by atoms with Gasteiger partial charge in [-0.3, -0.25) is 4.79 Å². The molecule has 4 aromatic rings. The Balaban J connectivity index is 1.56. The molecule has 0 saturated heterocycles. The lowest BCUT2D eigenvalue weighted by Crippen LogP contribution is -2.14. The number of carbonyl (C=O) groups excluding carboxylic acids is 1. The molecule has 0 aliphatic carbocycles. The lowest BCUT2D eigenvalue weighted by molar-refractivity contribution is -0.116. The molecule has 2 N–H and O–H groups in total. The first kappa shape index (κ1) is 21.4. The van der Waals surface area contributed by atoms with Crippen molar-refractivity contribution in [2.24, 2.45) is 0 Å². The van der Waals surface area contributed by atoms with E-state index in [0.717, 1.165) is 33.5 Å². The minimum atomic E-state index is -2.97. The fourth-order valence-corrected chi connectivity index (χ4v) is 3.68. The molecule has 164 valence electrons. The van der Waals surface area contributed by atoms with Crippen molar-refractivity contribution >= 4 is 22.5 Å². The molecule has 1 heterocycles. The Hall–Kier alpha value is -3.87. The highest BCUT2D eigenvalue weighted by Gasteiger charge is 2.16. The molecule has 3 aromatic carbocycles. The van der Waals surface area contributed by atoms with E-state index in [0.29, 0.717) is 6.42 Å². The van der Waals surface area contributed by atoms with Gasteiger partial charge in [-0.15, -0.1) is 0 Å². The third-order valence-corrected chi connectivity index (χ3v) is 5.17. The number of para-hydroxylation sites is 3. The van der Waals surface area contributed by atoms with Crippen molar-refractivity contribution < 1.29 is 23.0 Å². The molecular weight excluding hydrogens is 414 g/mol. The predicted molar refractivity (Wildman–Crippen MR) is 120 cm³/mol. The van der Waals surface area contributed by atoms with Crippen LogP contribution in [0.15, 0.2) is 72.8 Å². The summed E-state index contributed by atoms with van der Waals surface area (Å²) in [6.45, 7) is -2.97. The number of halogens is 2. The molecule has 0 saturated carbocycles. The minimum absolute atomic E-state index is 0.0677. The molecule has 7 heteroatoms. The number of alkyl halides is 2. The molecular formula is C25H22F2N2O3. The summed E-state index contributed by atoms with van der Waals surface area (Å²) in [5.41, 5.74) is 4.12. The second-order valence-corrected chi connectivity index (χ2v) is 7.18. The molecule has 1 aromatic heterocycles. The van der Waals surface area contributed by atoms with Gasteiger partial charge in [0.25, 0.3) is 0 Å². The number of fused-ring (bicyclic) bond motifs is 1. The van der Waals surface area contributed by atoms with Crippen LogP contribution >= 0.6 is 0 Å². The third-order valence-electron chi connectivity index (χ3n) is 5.17. The normalized spacial score (nSPS) is 11.0. The van der Waals surface area contributed by atoms with Crippen molar-refractivity contribution in [3.63, 3.8) is 0 Å². The van der Waals surface area contributed by atoms with Gasteiger partial charge in [0.05, 0.1) is 12.8 Å². The van der Waals surface area contributed by atoms with Gasteiger partial charge in [0, 0.05) is 23.0 Å². The van der Waals surface area contributed by atoms with Crippen molar-refractivity contribution in [2.75, 3.05) is 12.4 Å². The van der Waals surface area contributed by atoms with Crippen molar-refractivity contribution in [2.45, 2.75) is 19.5 Å². The number of rotatable bonds is 8. The van der Waals surface area contributed by atoms with E-state index >= 15 is 0 Å². The van der Waals surface area contributed by atoms with Gasteiger partial charge in [-0.25, -0.2) is 0 Å². The number of aryl methyl sites for hydroxylation is 1. The lowest BCUT2D eigenvalue weighted by Gasteiger charge is -2.12. The lowest BCUT2D eigenvalue weighted by atomic mass is 10.0. The highest BCUT2D eigenvalue weighted by atomic mass is 19.3. The SMILES string of the molecule is COc1ccc(-c2[nH]c3ccccc3c2CCC(=O)Nc2ccccc2OC(F)F)cc1. The average molecular weight is 436 g/mol. The molecule has 0 fully saturated rings. The zero-order valence-electron chi connectivity index (χ0n) is 17.4. The predicted octanol–water partition coefficient (Wildman–Crippen LogP) is 6.02. The van der Waals surface area contributed by atoms with E-state index in [-0.39, 0.29) is 23.8 Å². The summed E-state index contributed by atoms with van der Waals surface area (Å²) < 4.78 is 35.0. The first-order valence-corrected chi connectivity index (χ1v) is 10.1. The summed E-state index contributed by atoms with van der Waals surface area (Å²) in [5, 5.41) is 3.71. The molecule has 1 amide bonds. The summed E-state index contributed by atoms with van der Waals surface area (Å²) in [6, 6.07) is 21.7. The molecule has 0 unspecified atom stereocenters. The summed E-state index contributed by atoms with van der Waals surface area (Å²) in [6.07, 6.45) is 0.642. The van der Waals surface area contributed by atoms with E-state index in [4.69, 9.17) is 4.74 Å². The van der Waals surface area contributed by atoms with E-state index in [9.17, 15) is 13.6 Å². The van der Waals surface area contributed by atoms with Crippen LogP contribution in [0.25, 0.3) is 22.2 Å². The number of ether oxygens (including phenoxy) is 2. The van der Waals surface area contributed by atoms with Crippen LogP contribution in [0.4, 0.5) is 14.5 Å². The van der Waals surface area contributed by atoms with Crippen LogP contribution in [0.2, 0.25) is 0 Å². The molecule has 0 bridgehead atoms. The number of nitrogens with one attached hydrogen (secondary N) is 2. The quantitative estimate of drug-likeness (QED) is 0.355. The standard InChI is InChI=1S/C25H22F2N2O3/c1-31-17-12-10-16(11-13-17)24-19(18-6-2-3-7-20(18)29-24)14-15-23(30)28-21-8-4-5-9-22(21)32-25(26)27/h2-13,25,29H,14-15H2,1H3,(H,28,30). The summed E-state index contributed by atoms with van der Waals surface area (Å²) in [5.74, 6) is 0.401. The fraction of sp³-hybridized carbons (Fsp3) is 0.160. The zero-order valence-corrected chi connectivity index (χ0v) is 17.4. The molecule has 0 spiro atoms. The largest absolute Gasteiger partial charge is 0.497 e. The number of aromatic amines is 1. The summed E-state index contributed by atoms with van der Waals surface area (Å²) in [7, 11) is 1.62. The van der Waals surface area contributed by atoms with Crippen LogP contribution in [0, 0.1) is 0 Å². The number of carbonyl (C=O) groups is 1. The summed E-state index contributed by atoms with van der Waals surface area (Å²) in [4.78, 5) is 16.1. The number of hydrogen-bond donors (Lipinski definition) is 2. The van der Waals surface area contributed by atoms with Gasteiger partial charge in [0.15, 0.2) is 0 Å². The monoisotopic (exact) mass is 436 g/mol. The van der Waals surface area contributed by atoms with Crippen LogP contribution in [0.5, 0.6) is 11.5 Å². The Kier molecular flexibility index (Phi) is 6.35. The van der Waals surface area contributed by atoms with Gasteiger partial charge >= 0.3 is 6.61 Å². The third kappa shape index (κ3) is 4.72. The molecule has 4 rings (SSSR count). The maximum atomic E-state index is 12.6. The maximum absolute atomic E-state index is 12.6. The Morgan fingerprint density at radius 2 is 1.72 bits per heavy atom. The Labute approximate surface area is 184 Å². The molecule has 0 atom stereocenters. The highest BCUT2D eigenvalue weighted by Crippen LogP contribution is 2.32. The molecule has 5 nitrogen and oxygen atoms in total. The smallest absolute Gasteiger partial charge is 0.387 e. The molecule has 0 aliphatic heterocycles. The van der Waals surface area contributed by atoms with Crippen LogP contribution in [0.1, 0.15) is 12.0 Å². The van der Waals surface area contributed by atoms with Gasteiger partial charge in [0.1, 0.15) is 11.5 Å². The maximum Gasteiger partial charge on any atom is 0.387 e. The number of methoxy groups -OCH3 is 1. The zero-order chi connectivity index (χ0) is 22.5. The van der Waals surface area contributed by atoms with Crippen LogP contribution in [-0.4, -0.2) is 24.6 Å². The number of H-pyrrole nitrogens is 1. The van der Waals surface area contributed by atoms with E-state index in [1.54, 1.807) is 19.2 Å². The molecule has 32 heavy (non-hydrogen) atoms. The average Bonchev–Trinajstić information content (AvgIpc) is 3.17. The second kappa shape index (κ2) is 9.51. The minimum Gasteiger partial charge on any atom is -0.497 e. The van der Waals surface area contributed by atoms with Crippen molar-refractivity contribution in [1.82, 2.24) is 4.98 Å². The van der Waals surface area contributed by atoms with Crippen molar-refractivity contribution in [1.29, 1.82) is 0 Å². The number of anilines is 1. The number of benzene rings is 3. The van der Waals surface area contributed by atoms with Crippen LogP contribution in [-0.2, 0) is 11.2 Å². The number of amides is 1. The van der Waals surface area contributed by atoms with E-state index < -0.39 is 6.61 Å². The Morgan fingerprint density at radius 3 is 2.47 bits per heavy atom. The molecule has 0 radical (unpaired) electrons. The van der Waals surface area contributed by atoms with Gasteiger partial charge in [-0.1, -0.05) is 30.3 Å².